The van der Waals surface area contributed by atoms with Gasteiger partial charge in [-0.3, -0.25) is 4.79 Å². The number of hydrogen-bond donors (Lipinski definition) is 1. The van der Waals surface area contributed by atoms with E-state index in [9.17, 15) is 13.6 Å². The third-order valence-corrected chi connectivity index (χ3v) is 6.13. The van der Waals surface area contributed by atoms with Crippen LogP contribution in [-0.2, 0) is 16.0 Å². The van der Waals surface area contributed by atoms with E-state index in [0.717, 1.165) is 23.7 Å². The van der Waals surface area contributed by atoms with Gasteiger partial charge in [-0.05, 0) is 67.6 Å². The average molecular weight is 445 g/mol. The van der Waals surface area contributed by atoms with Gasteiger partial charge in [0.1, 0.15) is 0 Å². The molecule has 0 atom stereocenters. The monoisotopic (exact) mass is 444 g/mol. The first-order chi connectivity index (χ1) is 15.1. The molecule has 1 N–H and O–H groups in total. The highest BCUT2D eigenvalue weighted by atomic mass is 19.2. The smallest absolute Gasteiger partial charge is 0.226 e. The molecule has 32 heavy (non-hydrogen) atoms. The van der Waals surface area contributed by atoms with Gasteiger partial charge in [-0.2, -0.15) is 0 Å². The first-order valence-corrected chi connectivity index (χ1v) is 11.2. The number of halogens is 2. The van der Waals surface area contributed by atoms with Crippen LogP contribution < -0.4 is 5.32 Å². The maximum Gasteiger partial charge on any atom is 0.226 e. The summed E-state index contributed by atoms with van der Waals surface area (Å²) in [5.41, 5.74) is 1.83. The third kappa shape index (κ3) is 6.14. The Morgan fingerprint density at radius 3 is 2.41 bits per heavy atom. The van der Waals surface area contributed by atoms with Crippen LogP contribution in [-0.4, -0.2) is 51.2 Å². The van der Waals surface area contributed by atoms with Gasteiger partial charge >= 0.3 is 0 Å². The number of carbonyl (C=O) groups excluding carboxylic acids is 1. The maximum atomic E-state index is 13.7. The van der Waals surface area contributed by atoms with Crippen LogP contribution in [0.3, 0.4) is 0 Å². The van der Waals surface area contributed by atoms with E-state index in [2.05, 4.69) is 24.1 Å². The molecule has 0 spiro atoms. The highest BCUT2D eigenvalue weighted by molar-refractivity contribution is 5.83. The molecule has 3 rings (SSSR count). The van der Waals surface area contributed by atoms with Crippen LogP contribution in [0.25, 0.3) is 11.1 Å². The fraction of sp³-hybridized carbons (Fsp3) is 0.500. The first-order valence-electron chi connectivity index (χ1n) is 11.2. The zero-order chi connectivity index (χ0) is 23.4. The quantitative estimate of drug-likeness (QED) is 0.643. The molecule has 0 radical (unpaired) electrons. The summed E-state index contributed by atoms with van der Waals surface area (Å²) in [5.74, 6) is -1.67. The molecule has 1 fully saturated rings. The summed E-state index contributed by atoms with van der Waals surface area (Å²) in [4.78, 5) is 15.5. The number of ether oxygens (including phenoxy) is 1. The summed E-state index contributed by atoms with van der Waals surface area (Å²) < 4.78 is 32.6. The summed E-state index contributed by atoms with van der Waals surface area (Å²) in [6, 6.07) is 11.6. The van der Waals surface area contributed by atoms with Crippen molar-refractivity contribution in [3.05, 3.63) is 59.7 Å². The molecule has 1 aliphatic rings. The highest BCUT2D eigenvalue weighted by Gasteiger charge is 2.40. The summed E-state index contributed by atoms with van der Waals surface area (Å²) in [5, 5.41) is 3.21. The number of nitrogens with one attached hydrogen (secondary N) is 1. The molecule has 174 valence electrons. The van der Waals surface area contributed by atoms with Gasteiger partial charge in [-0.1, -0.05) is 44.2 Å². The molecule has 1 heterocycles. The molecular formula is C26H34F2N2O2. The van der Waals surface area contributed by atoms with Crippen molar-refractivity contribution in [2.45, 2.75) is 33.1 Å². The molecule has 2 aromatic rings. The lowest BCUT2D eigenvalue weighted by atomic mass is 9.74. The molecule has 1 saturated heterocycles. The molecule has 1 aliphatic heterocycles. The minimum atomic E-state index is -0.867. The average Bonchev–Trinajstić information content (AvgIpc) is 2.74. The Morgan fingerprint density at radius 1 is 1.06 bits per heavy atom. The van der Waals surface area contributed by atoms with Gasteiger partial charge in [0.15, 0.2) is 11.6 Å². The van der Waals surface area contributed by atoms with Crippen molar-refractivity contribution in [1.29, 1.82) is 0 Å². The number of carbonyl (C=O) groups is 1. The summed E-state index contributed by atoms with van der Waals surface area (Å²) in [7, 11) is 4.06. The number of benzene rings is 2. The number of nitrogens with zero attached hydrogens (tertiary/aromatic N) is 1. The van der Waals surface area contributed by atoms with Gasteiger partial charge in [0.25, 0.3) is 0 Å². The van der Waals surface area contributed by atoms with Gasteiger partial charge in [-0.15, -0.1) is 0 Å². The standard InChI is InChI=1S/C26H34F2N2O2/c1-25(2,18-30(3)4)17-29-24(31)26(10-12-32-13-11-26)16-19-6-5-7-20(14-19)21-8-9-22(27)23(28)15-21/h5-9,14-15H,10-13,16-18H2,1-4H3,(H,29,31). The molecule has 6 heteroatoms. The zero-order valence-corrected chi connectivity index (χ0v) is 19.5. The second-order valence-corrected chi connectivity index (χ2v) is 9.98. The topological polar surface area (TPSA) is 41.6 Å². The molecule has 0 bridgehead atoms. The lowest BCUT2D eigenvalue weighted by Gasteiger charge is -2.37. The van der Waals surface area contributed by atoms with Crippen LogP contribution >= 0.6 is 0 Å². The fourth-order valence-corrected chi connectivity index (χ4v) is 4.59. The van der Waals surface area contributed by atoms with Gasteiger partial charge in [0.2, 0.25) is 5.91 Å². The molecule has 0 aliphatic carbocycles. The summed E-state index contributed by atoms with van der Waals surface area (Å²) >= 11 is 0. The third-order valence-electron chi connectivity index (χ3n) is 6.13. The van der Waals surface area contributed by atoms with E-state index < -0.39 is 17.0 Å². The Morgan fingerprint density at radius 2 is 1.75 bits per heavy atom. The zero-order valence-electron chi connectivity index (χ0n) is 19.5. The lowest BCUT2D eigenvalue weighted by Crippen LogP contribution is -2.49. The first kappa shape index (κ1) is 24.3. The molecule has 2 aromatic carbocycles. The van der Waals surface area contributed by atoms with Crippen molar-refractivity contribution >= 4 is 5.91 Å². The summed E-state index contributed by atoms with van der Waals surface area (Å²) in [6.07, 6.45) is 1.89. The molecule has 0 saturated carbocycles. The fourth-order valence-electron chi connectivity index (χ4n) is 4.59. The van der Waals surface area contributed by atoms with E-state index in [1.165, 1.54) is 6.07 Å². The van der Waals surface area contributed by atoms with Crippen molar-refractivity contribution in [1.82, 2.24) is 10.2 Å². The van der Waals surface area contributed by atoms with E-state index in [4.69, 9.17) is 4.74 Å². The largest absolute Gasteiger partial charge is 0.381 e. The van der Waals surface area contributed by atoms with Crippen molar-refractivity contribution < 1.29 is 18.3 Å². The predicted octanol–water partition coefficient (Wildman–Crippen LogP) is 4.68. The van der Waals surface area contributed by atoms with E-state index in [-0.39, 0.29) is 11.3 Å². The van der Waals surface area contributed by atoms with Gasteiger partial charge in [0.05, 0.1) is 5.41 Å². The Balaban J connectivity index is 1.79. The van der Waals surface area contributed by atoms with Crippen LogP contribution in [0.5, 0.6) is 0 Å². The van der Waals surface area contributed by atoms with Crippen LogP contribution in [0, 0.1) is 22.5 Å². The molecule has 1 amide bonds. The van der Waals surface area contributed by atoms with Crippen LogP contribution in [0.4, 0.5) is 8.78 Å². The van der Waals surface area contributed by atoms with Crippen LogP contribution in [0.2, 0.25) is 0 Å². The second kappa shape index (κ2) is 10.1. The van der Waals surface area contributed by atoms with Crippen molar-refractivity contribution in [2.75, 3.05) is 40.4 Å². The van der Waals surface area contributed by atoms with Crippen LogP contribution in [0.15, 0.2) is 42.5 Å². The Hall–Kier alpha value is -2.31. The van der Waals surface area contributed by atoms with E-state index in [1.54, 1.807) is 6.07 Å². The number of rotatable bonds is 8. The minimum absolute atomic E-state index is 0.0436. The van der Waals surface area contributed by atoms with Crippen molar-refractivity contribution in [3.63, 3.8) is 0 Å². The molecular weight excluding hydrogens is 410 g/mol. The SMILES string of the molecule is CN(C)CC(C)(C)CNC(=O)C1(Cc2cccc(-c3ccc(F)c(F)c3)c2)CCOCC1. The maximum absolute atomic E-state index is 13.7. The number of hydrogen-bond acceptors (Lipinski definition) is 3. The van der Waals surface area contributed by atoms with Crippen molar-refractivity contribution in [2.24, 2.45) is 10.8 Å². The molecule has 4 nitrogen and oxygen atoms in total. The van der Waals surface area contributed by atoms with E-state index in [1.807, 2.05) is 38.4 Å². The highest BCUT2D eigenvalue weighted by Crippen LogP contribution is 2.36. The van der Waals surface area contributed by atoms with Crippen molar-refractivity contribution in [3.8, 4) is 11.1 Å². The predicted molar refractivity (Wildman–Crippen MR) is 123 cm³/mol. The Labute approximate surface area is 190 Å². The Kier molecular flexibility index (Phi) is 7.67. The normalized spacial score (nSPS) is 16.2. The summed E-state index contributed by atoms with van der Waals surface area (Å²) in [6.45, 7) is 6.88. The van der Waals surface area contributed by atoms with Gasteiger partial charge in [0, 0.05) is 26.3 Å². The minimum Gasteiger partial charge on any atom is -0.381 e. The van der Waals surface area contributed by atoms with E-state index >= 15 is 0 Å². The van der Waals surface area contributed by atoms with Gasteiger partial charge in [-0.25, -0.2) is 8.78 Å². The van der Waals surface area contributed by atoms with Crippen LogP contribution in [0.1, 0.15) is 32.3 Å². The van der Waals surface area contributed by atoms with Gasteiger partial charge < -0.3 is 15.0 Å². The molecule has 0 unspecified atom stereocenters. The van der Waals surface area contributed by atoms with E-state index in [0.29, 0.717) is 44.6 Å². The lowest BCUT2D eigenvalue weighted by molar-refractivity contribution is -0.137. The Bertz CT molecular complexity index is 937. The molecule has 0 aromatic heterocycles. The number of amides is 1. The second-order valence-electron chi connectivity index (χ2n) is 9.98.